The maximum atomic E-state index is 12.4. The van der Waals surface area contributed by atoms with Gasteiger partial charge in [-0.05, 0) is 39.0 Å². The first-order valence-electron chi connectivity index (χ1n) is 7.67. The molecule has 1 aromatic rings. The summed E-state index contributed by atoms with van der Waals surface area (Å²) in [4.78, 5) is 35.9. The fourth-order valence-electron chi connectivity index (χ4n) is 2.53. The Morgan fingerprint density at radius 2 is 1.88 bits per heavy atom. The first kappa shape index (κ1) is 18.5. The van der Waals surface area contributed by atoms with Crippen LogP contribution in [-0.4, -0.2) is 38.0 Å². The van der Waals surface area contributed by atoms with Crippen LogP contribution >= 0.6 is 0 Å². The van der Waals surface area contributed by atoms with Gasteiger partial charge in [0.15, 0.2) is 0 Å². The molecule has 0 saturated heterocycles. The molecule has 0 saturated carbocycles. The van der Waals surface area contributed by atoms with Crippen molar-refractivity contribution in [1.82, 2.24) is 5.32 Å². The molecule has 0 bridgehead atoms. The Morgan fingerprint density at radius 3 is 2.40 bits per heavy atom. The minimum Gasteiger partial charge on any atom is -0.468 e. The predicted octanol–water partition coefficient (Wildman–Crippen LogP) is 1.92. The Labute approximate surface area is 145 Å². The maximum Gasteiger partial charge on any atom is 0.340 e. The SMILES string of the molecule is COC(=O)C1=C(NC(C)(C)C)Oc2ccc(C=O)cc2C1C(=O)OC. The van der Waals surface area contributed by atoms with E-state index in [0.29, 0.717) is 23.2 Å². The maximum absolute atomic E-state index is 12.4. The fourth-order valence-corrected chi connectivity index (χ4v) is 2.53. The highest BCUT2D eigenvalue weighted by Gasteiger charge is 2.41. The molecule has 1 heterocycles. The van der Waals surface area contributed by atoms with Crippen molar-refractivity contribution >= 4 is 18.2 Å². The fraction of sp³-hybridized carbons (Fsp3) is 0.389. The topological polar surface area (TPSA) is 90.9 Å². The first-order chi connectivity index (χ1) is 11.7. The van der Waals surface area contributed by atoms with Crippen LogP contribution in [0.2, 0.25) is 0 Å². The molecule has 0 spiro atoms. The highest BCUT2D eigenvalue weighted by molar-refractivity contribution is 6.00. The molecule has 1 atom stereocenters. The zero-order valence-electron chi connectivity index (χ0n) is 14.8. The minimum absolute atomic E-state index is 0.000163. The van der Waals surface area contributed by atoms with Gasteiger partial charge in [0.25, 0.3) is 0 Å². The van der Waals surface area contributed by atoms with Crippen LogP contribution in [0.4, 0.5) is 0 Å². The van der Waals surface area contributed by atoms with Crippen molar-refractivity contribution in [2.75, 3.05) is 14.2 Å². The van der Waals surface area contributed by atoms with Crippen LogP contribution in [0.15, 0.2) is 29.7 Å². The summed E-state index contributed by atoms with van der Waals surface area (Å²) in [5, 5.41) is 3.08. The van der Waals surface area contributed by atoms with Crippen LogP contribution in [-0.2, 0) is 19.1 Å². The van der Waals surface area contributed by atoms with E-state index < -0.39 is 23.4 Å². The smallest absolute Gasteiger partial charge is 0.340 e. The lowest BCUT2D eigenvalue weighted by Crippen LogP contribution is -2.41. The zero-order chi connectivity index (χ0) is 18.8. The number of nitrogens with one attached hydrogen (secondary N) is 1. The molecule has 0 amide bonds. The molecule has 1 aliphatic heterocycles. The second-order valence-electron chi connectivity index (χ2n) is 6.58. The van der Waals surface area contributed by atoms with Gasteiger partial charge in [0.2, 0.25) is 5.88 Å². The van der Waals surface area contributed by atoms with Gasteiger partial charge in [0.05, 0.1) is 14.2 Å². The van der Waals surface area contributed by atoms with Crippen molar-refractivity contribution in [3.8, 4) is 5.75 Å². The molecule has 1 N–H and O–H groups in total. The van der Waals surface area contributed by atoms with Crippen LogP contribution in [0, 0.1) is 0 Å². The molecule has 7 heteroatoms. The molecule has 134 valence electrons. The molecular weight excluding hydrogens is 326 g/mol. The number of benzene rings is 1. The van der Waals surface area contributed by atoms with Crippen LogP contribution < -0.4 is 10.1 Å². The largest absolute Gasteiger partial charge is 0.468 e. The van der Waals surface area contributed by atoms with Gasteiger partial charge in [-0.1, -0.05) is 0 Å². The van der Waals surface area contributed by atoms with Crippen molar-refractivity contribution in [2.24, 2.45) is 0 Å². The number of aldehydes is 1. The molecule has 2 rings (SSSR count). The van der Waals surface area contributed by atoms with Gasteiger partial charge in [-0.25, -0.2) is 4.79 Å². The summed E-state index contributed by atoms with van der Waals surface area (Å²) in [6.07, 6.45) is 0.652. The Balaban J connectivity index is 2.70. The summed E-state index contributed by atoms with van der Waals surface area (Å²) in [6.45, 7) is 5.66. The molecule has 0 fully saturated rings. The van der Waals surface area contributed by atoms with Gasteiger partial charge in [0, 0.05) is 16.7 Å². The lowest BCUT2D eigenvalue weighted by atomic mass is 9.87. The molecule has 7 nitrogen and oxygen atoms in total. The quantitative estimate of drug-likeness (QED) is 0.657. The molecular formula is C18H21NO6. The van der Waals surface area contributed by atoms with E-state index >= 15 is 0 Å². The molecule has 1 unspecified atom stereocenters. The van der Waals surface area contributed by atoms with E-state index in [2.05, 4.69) is 5.32 Å². The predicted molar refractivity (Wildman–Crippen MR) is 89.1 cm³/mol. The lowest BCUT2D eigenvalue weighted by molar-refractivity contribution is -0.145. The van der Waals surface area contributed by atoms with E-state index in [9.17, 15) is 14.4 Å². The zero-order valence-corrected chi connectivity index (χ0v) is 14.8. The number of carbonyl (C=O) groups is 3. The molecule has 0 aliphatic carbocycles. The van der Waals surface area contributed by atoms with E-state index in [-0.39, 0.29) is 11.5 Å². The minimum atomic E-state index is -1.06. The van der Waals surface area contributed by atoms with Gasteiger partial charge in [0.1, 0.15) is 23.5 Å². The van der Waals surface area contributed by atoms with E-state index in [1.807, 2.05) is 20.8 Å². The summed E-state index contributed by atoms with van der Waals surface area (Å²) in [6, 6.07) is 4.64. The molecule has 0 radical (unpaired) electrons. The van der Waals surface area contributed by atoms with Crippen LogP contribution in [0.25, 0.3) is 0 Å². The molecule has 1 aliphatic rings. The Bertz CT molecular complexity index is 744. The Kier molecular flexibility index (Phi) is 5.15. The number of ether oxygens (including phenoxy) is 3. The molecule has 1 aromatic carbocycles. The van der Waals surface area contributed by atoms with Crippen LogP contribution in [0.3, 0.4) is 0 Å². The third-order valence-corrected chi connectivity index (χ3v) is 3.56. The van der Waals surface area contributed by atoms with Crippen molar-refractivity contribution in [3.63, 3.8) is 0 Å². The third kappa shape index (κ3) is 3.81. The summed E-state index contributed by atoms with van der Waals surface area (Å²) in [7, 11) is 2.45. The standard InChI is InChI=1S/C18H21NO6/c1-18(2,3)19-15-14(17(22)24-5)13(16(21)23-4)11-8-10(9-20)6-7-12(11)25-15/h6-9,13,19H,1-5H3. The number of esters is 2. The van der Waals surface area contributed by atoms with Gasteiger partial charge in [-0.15, -0.1) is 0 Å². The second-order valence-corrected chi connectivity index (χ2v) is 6.58. The number of hydrogen-bond acceptors (Lipinski definition) is 7. The van der Waals surface area contributed by atoms with E-state index in [4.69, 9.17) is 14.2 Å². The van der Waals surface area contributed by atoms with Crippen molar-refractivity contribution in [1.29, 1.82) is 0 Å². The van der Waals surface area contributed by atoms with Crippen molar-refractivity contribution in [3.05, 3.63) is 40.8 Å². The van der Waals surface area contributed by atoms with Crippen LogP contribution in [0.5, 0.6) is 5.75 Å². The van der Waals surface area contributed by atoms with Crippen molar-refractivity contribution < 1.29 is 28.6 Å². The van der Waals surface area contributed by atoms with Gasteiger partial charge >= 0.3 is 11.9 Å². The average molecular weight is 347 g/mol. The van der Waals surface area contributed by atoms with Gasteiger partial charge < -0.3 is 19.5 Å². The van der Waals surface area contributed by atoms with Gasteiger partial charge in [-0.3, -0.25) is 9.59 Å². The number of methoxy groups -OCH3 is 2. The summed E-state index contributed by atoms with van der Waals surface area (Å²) >= 11 is 0. The number of rotatable bonds is 4. The van der Waals surface area contributed by atoms with E-state index in [1.165, 1.54) is 20.3 Å². The summed E-state index contributed by atoms with van der Waals surface area (Å²) in [5.41, 5.74) is 0.291. The number of carbonyl (C=O) groups excluding carboxylic acids is 3. The summed E-state index contributed by atoms with van der Waals surface area (Å²) in [5.74, 6) is -1.95. The summed E-state index contributed by atoms with van der Waals surface area (Å²) < 4.78 is 15.5. The number of fused-ring (bicyclic) bond motifs is 1. The van der Waals surface area contributed by atoms with Crippen molar-refractivity contribution in [2.45, 2.75) is 32.2 Å². The number of hydrogen-bond donors (Lipinski definition) is 1. The second kappa shape index (κ2) is 6.96. The molecule has 25 heavy (non-hydrogen) atoms. The Hall–Kier alpha value is -2.83. The average Bonchev–Trinajstić information content (AvgIpc) is 2.57. The third-order valence-electron chi connectivity index (χ3n) is 3.56. The van der Waals surface area contributed by atoms with E-state index in [0.717, 1.165) is 0 Å². The molecule has 0 aromatic heterocycles. The monoisotopic (exact) mass is 347 g/mol. The highest BCUT2D eigenvalue weighted by atomic mass is 16.5. The first-order valence-corrected chi connectivity index (χ1v) is 7.67. The Morgan fingerprint density at radius 1 is 1.20 bits per heavy atom. The highest BCUT2D eigenvalue weighted by Crippen LogP contribution is 2.40. The lowest BCUT2D eigenvalue weighted by Gasteiger charge is -2.32. The van der Waals surface area contributed by atoms with Crippen LogP contribution in [0.1, 0.15) is 42.6 Å². The van der Waals surface area contributed by atoms with Gasteiger partial charge in [-0.2, -0.15) is 0 Å². The van der Waals surface area contributed by atoms with E-state index in [1.54, 1.807) is 12.1 Å². The normalized spacial score (nSPS) is 16.4.